The summed E-state index contributed by atoms with van der Waals surface area (Å²) in [4.78, 5) is 0. The van der Waals surface area contributed by atoms with Gasteiger partial charge in [-0.3, -0.25) is 0 Å². The van der Waals surface area contributed by atoms with Crippen molar-refractivity contribution in [3.63, 3.8) is 0 Å². The highest BCUT2D eigenvalue weighted by Gasteiger charge is 2.31. The molecule has 0 bridgehead atoms. The molecule has 0 aliphatic carbocycles. The van der Waals surface area contributed by atoms with Crippen LogP contribution in [0.1, 0.15) is 12.5 Å². The molecule has 32 heavy (non-hydrogen) atoms. The van der Waals surface area contributed by atoms with Crippen LogP contribution in [0.3, 0.4) is 0 Å². The Morgan fingerprint density at radius 2 is 1.34 bits per heavy atom. The molecule has 1 heterocycles. The van der Waals surface area contributed by atoms with E-state index in [0.717, 1.165) is 22.4 Å². The first kappa shape index (κ1) is 21.3. The summed E-state index contributed by atoms with van der Waals surface area (Å²) in [6.45, 7) is 1.98. The SMILES string of the molecule is CCc1c(-c2ccc(O)cc2)nn(-c2ccc(OC(F)(F)F)cc2)c1-c1ccc(O)cc1. The fourth-order valence-electron chi connectivity index (χ4n) is 3.53. The summed E-state index contributed by atoms with van der Waals surface area (Å²) in [7, 11) is 0. The Balaban J connectivity index is 1.88. The van der Waals surface area contributed by atoms with Gasteiger partial charge in [0.15, 0.2) is 0 Å². The average Bonchev–Trinajstić information content (AvgIpc) is 3.14. The van der Waals surface area contributed by atoms with Gasteiger partial charge in [-0.25, -0.2) is 4.68 Å². The van der Waals surface area contributed by atoms with Gasteiger partial charge in [0.05, 0.1) is 17.1 Å². The first-order valence-corrected chi connectivity index (χ1v) is 9.82. The number of aromatic nitrogens is 2. The van der Waals surface area contributed by atoms with Crippen molar-refractivity contribution in [2.75, 3.05) is 0 Å². The number of hydrogen-bond acceptors (Lipinski definition) is 4. The predicted molar refractivity (Wildman–Crippen MR) is 114 cm³/mol. The smallest absolute Gasteiger partial charge is 0.508 e. The fraction of sp³-hybridized carbons (Fsp3) is 0.125. The maximum Gasteiger partial charge on any atom is 0.573 e. The van der Waals surface area contributed by atoms with Gasteiger partial charge >= 0.3 is 6.36 Å². The molecule has 0 unspecified atom stereocenters. The summed E-state index contributed by atoms with van der Waals surface area (Å²) in [5, 5.41) is 24.1. The number of hydrogen-bond donors (Lipinski definition) is 2. The van der Waals surface area contributed by atoms with Crippen LogP contribution in [0.5, 0.6) is 17.2 Å². The quantitative estimate of drug-likeness (QED) is 0.395. The third kappa shape index (κ3) is 4.39. The third-order valence-corrected chi connectivity index (χ3v) is 4.93. The lowest BCUT2D eigenvalue weighted by Gasteiger charge is -2.12. The van der Waals surface area contributed by atoms with Gasteiger partial charge in [0.25, 0.3) is 0 Å². The molecular weight excluding hydrogens is 421 g/mol. The van der Waals surface area contributed by atoms with Crippen LogP contribution in [-0.2, 0) is 6.42 Å². The molecule has 4 aromatic rings. The van der Waals surface area contributed by atoms with Gasteiger partial charge in [0, 0.05) is 16.7 Å². The maximum atomic E-state index is 12.5. The number of alkyl halides is 3. The topological polar surface area (TPSA) is 67.5 Å². The summed E-state index contributed by atoms with van der Waals surface area (Å²) in [5.74, 6) is -0.0791. The molecule has 0 fully saturated rings. The van der Waals surface area contributed by atoms with Crippen LogP contribution in [0.15, 0.2) is 72.8 Å². The maximum absolute atomic E-state index is 12.5. The largest absolute Gasteiger partial charge is 0.573 e. The van der Waals surface area contributed by atoms with Gasteiger partial charge in [-0.05, 0) is 79.2 Å². The molecule has 0 radical (unpaired) electrons. The van der Waals surface area contributed by atoms with E-state index >= 15 is 0 Å². The second-order valence-corrected chi connectivity index (χ2v) is 7.08. The normalized spacial score (nSPS) is 11.5. The molecule has 8 heteroatoms. The minimum atomic E-state index is -4.77. The molecule has 5 nitrogen and oxygen atoms in total. The number of halogens is 3. The van der Waals surface area contributed by atoms with E-state index < -0.39 is 6.36 Å². The van der Waals surface area contributed by atoms with Crippen LogP contribution in [0.25, 0.3) is 28.2 Å². The van der Waals surface area contributed by atoms with Gasteiger partial charge < -0.3 is 14.9 Å². The molecule has 0 amide bonds. The minimum absolute atomic E-state index is 0.116. The van der Waals surface area contributed by atoms with Crippen LogP contribution >= 0.6 is 0 Å². The molecule has 3 aromatic carbocycles. The van der Waals surface area contributed by atoms with E-state index in [1.54, 1.807) is 53.2 Å². The molecule has 164 valence electrons. The molecular formula is C24H19F3N2O3. The van der Waals surface area contributed by atoms with Crippen LogP contribution in [0.2, 0.25) is 0 Å². The van der Waals surface area contributed by atoms with Crippen molar-refractivity contribution in [3.05, 3.63) is 78.4 Å². The van der Waals surface area contributed by atoms with Gasteiger partial charge in [-0.1, -0.05) is 6.92 Å². The molecule has 0 atom stereocenters. The van der Waals surface area contributed by atoms with E-state index in [2.05, 4.69) is 4.74 Å². The van der Waals surface area contributed by atoms with Crippen LogP contribution < -0.4 is 4.74 Å². The van der Waals surface area contributed by atoms with Crippen molar-refractivity contribution in [2.45, 2.75) is 19.7 Å². The number of phenolic OH excluding ortho intramolecular Hbond substituents is 2. The molecule has 0 aliphatic heterocycles. The molecule has 0 saturated heterocycles. The van der Waals surface area contributed by atoms with Crippen molar-refractivity contribution < 1.29 is 28.1 Å². The van der Waals surface area contributed by atoms with Gasteiger partial charge in [0.1, 0.15) is 17.2 Å². The van der Waals surface area contributed by atoms with E-state index in [9.17, 15) is 23.4 Å². The highest BCUT2D eigenvalue weighted by Crippen LogP contribution is 2.36. The number of rotatable bonds is 5. The Morgan fingerprint density at radius 1 is 0.812 bits per heavy atom. The van der Waals surface area contributed by atoms with Gasteiger partial charge in [-0.15, -0.1) is 13.2 Å². The summed E-state index contributed by atoms with van der Waals surface area (Å²) in [5.41, 5.74) is 4.47. The van der Waals surface area contributed by atoms with Crippen molar-refractivity contribution in [1.82, 2.24) is 9.78 Å². The molecule has 2 N–H and O–H groups in total. The van der Waals surface area contributed by atoms with Gasteiger partial charge in [0.2, 0.25) is 0 Å². The Hall–Kier alpha value is -3.94. The monoisotopic (exact) mass is 440 g/mol. The van der Waals surface area contributed by atoms with Gasteiger partial charge in [-0.2, -0.15) is 5.10 Å². The standard InChI is InChI=1S/C24H19F3N2O3/c1-2-21-22(15-3-9-18(30)10-4-15)28-29(23(21)16-5-11-19(31)12-6-16)17-7-13-20(14-8-17)32-24(25,26)27/h3-14,30-31H,2H2,1H3. The zero-order valence-corrected chi connectivity index (χ0v) is 17.0. The highest BCUT2D eigenvalue weighted by atomic mass is 19.4. The summed E-state index contributed by atoms with van der Waals surface area (Å²) in [6.07, 6.45) is -4.15. The van der Waals surface area contributed by atoms with E-state index in [4.69, 9.17) is 5.10 Å². The first-order valence-electron chi connectivity index (χ1n) is 9.82. The van der Waals surface area contributed by atoms with E-state index in [0.29, 0.717) is 17.8 Å². The zero-order chi connectivity index (χ0) is 22.9. The van der Waals surface area contributed by atoms with E-state index in [1.807, 2.05) is 6.92 Å². The zero-order valence-electron chi connectivity index (χ0n) is 17.0. The van der Waals surface area contributed by atoms with Crippen molar-refractivity contribution in [1.29, 1.82) is 0 Å². The summed E-state index contributed by atoms with van der Waals surface area (Å²) < 4.78 is 43.2. The Bertz CT molecular complexity index is 1210. The van der Waals surface area contributed by atoms with Crippen molar-refractivity contribution in [2.24, 2.45) is 0 Å². The average molecular weight is 440 g/mol. The number of benzene rings is 3. The molecule has 0 saturated carbocycles. The van der Waals surface area contributed by atoms with Crippen LogP contribution in [0.4, 0.5) is 13.2 Å². The Kier molecular flexibility index (Phi) is 5.52. The second-order valence-electron chi connectivity index (χ2n) is 7.08. The highest BCUT2D eigenvalue weighted by molar-refractivity contribution is 5.76. The van der Waals surface area contributed by atoms with Crippen molar-refractivity contribution >= 4 is 0 Å². The first-order chi connectivity index (χ1) is 15.2. The van der Waals surface area contributed by atoms with E-state index in [1.165, 1.54) is 24.3 Å². The third-order valence-electron chi connectivity index (χ3n) is 4.93. The number of aromatic hydroxyl groups is 2. The molecule has 0 aliphatic rings. The molecule has 0 spiro atoms. The summed E-state index contributed by atoms with van der Waals surface area (Å²) >= 11 is 0. The summed E-state index contributed by atoms with van der Waals surface area (Å²) in [6, 6.07) is 18.7. The number of ether oxygens (including phenoxy) is 1. The number of nitrogens with zero attached hydrogens (tertiary/aromatic N) is 2. The lowest BCUT2D eigenvalue weighted by Crippen LogP contribution is -2.17. The lowest BCUT2D eigenvalue weighted by atomic mass is 9.99. The van der Waals surface area contributed by atoms with E-state index in [-0.39, 0.29) is 17.2 Å². The fourth-order valence-corrected chi connectivity index (χ4v) is 3.53. The van der Waals surface area contributed by atoms with Crippen LogP contribution in [-0.4, -0.2) is 26.4 Å². The Morgan fingerprint density at radius 3 is 1.84 bits per heavy atom. The second kappa shape index (κ2) is 8.30. The number of phenols is 2. The predicted octanol–water partition coefficient (Wildman–Crippen LogP) is 6.08. The Labute approximate surface area is 182 Å². The lowest BCUT2D eigenvalue weighted by molar-refractivity contribution is -0.274. The van der Waals surface area contributed by atoms with Crippen molar-refractivity contribution in [3.8, 4) is 45.5 Å². The van der Waals surface area contributed by atoms with Crippen LogP contribution in [0, 0.1) is 0 Å². The molecule has 1 aromatic heterocycles. The minimum Gasteiger partial charge on any atom is -0.508 e. The molecule has 4 rings (SSSR count).